The van der Waals surface area contributed by atoms with E-state index >= 15 is 0 Å². The highest BCUT2D eigenvalue weighted by Gasteiger charge is 2.06. The van der Waals surface area contributed by atoms with Crippen LogP contribution in [0.15, 0.2) is 39.5 Å². The van der Waals surface area contributed by atoms with E-state index in [1.807, 2.05) is 18.5 Å². The molecular formula is C14H14Br2N2. The summed E-state index contributed by atoms with van der Waals surface area (Å²) in [7, 11) is 0. The summed E-state index contributed by atoms with van der Waals surface area (Å²) in [6, 6.07) is 6.22. The Balaban J connectivity index is 2.19. The third-order valence-electron chi connectivity index (χ3n) is 2.79. The molecule has 0 aliphatic rings. The van der Waals surface area contributed by atoms with Gasteiger partial charge in [0.25, 0.3) is 0 Å². The number of rotatable bonds is 3. The second-order valence-corrected chi connectivity index (χ2v) is 5.97. The second-order valence-electron chi connectivity index (χ2n) is 4.26. The van der Waals surface area contributed by atoms with Crippen LogP contribution in [0.4, 0.5) is 5.69 Å². The van der Waals surface area contributed by atoms with Gasteiger partial charge in [0.2, 0.25) is 0 Å². The topological polar surface area (TPSA) is 24.9 Å². The Morgan fingerprint density at radius 3 is 2.44 bits per heavy atom. The molecule has 0 atom stereocenters. The third kappa shape index (κ3) is 3.12. The summed E-state index contributed by atoms with van der Waals surface area (Å²) >= 11 is 7.16. The molecule has 0 aliphatic heterocycles. The quantitative estimate of drug-likeness (QED) is 0.837. The van der Waals surface area contributed by atoms with Gasteiger partial charge in [-0.25, -0.2) is 0 Å². The predicted octanol–water partition coefficient (Wildman–Crippen LogP) is 4.84. The van der Waals surface area contributed by atoms with E-state index in [1.54, 1.807) is 0 Å². The molecule has 2 aromatic rings. The summed E-state index contributed by atoms with van der Waals surface area (Å²) in [5.41, 5.74) is 4.74. The van der Waals surface area contributed by atoms with E-state index in [2.05, 4.69) is 68.1 Å². The van der Waals surface area contributed by atoms with Crippen molar-refractivity contribution < 1.29 is 0 Å². The monoisotopic (exact) mass is 368 g/mol. The van der Waals surface area contributed by atoms with Crippen molar-refractivity contribution in [2.75, 3.05) is 5.32 Å². The number of nitrogens with zero attached hydrogens (tertiary/aromatic N) is 1. The Hall–Kier alpha value is -0.870. The number of aromatic nitrogens is 1. The Morgan fingerprint density at radius 1 is 1.17 bits per heavy atom. The van der Waals surface area contributed by atoms with Gasteiger partial charge >= 0.3 is 0 Å². The minimum atomic E-state index is 0.764. The first-order valence-corrected chi connectivity index (χ1v) is 7.25. The first-order valence-electron chi connectivity index (χ1n) is 5.67. The van der Waals surface area contributed by atoms with Crippen LogP contribution >= 0.6 is 31.9 Å². The molecule has 0 amide bonds. The van der Waals surface area contributed by atoms with Crippen LogP contribution in [0.1, 0.15) is 16.7 Å². The highest BCUT2D eigenvalue weighted by molar-refractivity contribution is 9.11. The molecule has 1 N–H and O–H groups in total. The maximum absolute atomic E-state index is 4.15. The smallest absolute Gasteiger partial charge is 0.0631 e. The lowest BCUT2D eigenvalue weighted by Crippen LogP contribution is -2.03. The predicted molar refractivity (Wildman–Crippen MR) is 82.9 cm³/mol. The molecule has 0 fully saturated rings. The van der Waals surface area contributed by atoms with Crippen LogP contribution in [-0.2, 0) is 6.54 Å². The molecule has 1 heterocycles. The Bertz CT molecular complexity index is 544. The molecule has 18 heavy (non-hydrogen) atoms. The van der Waals surface area contributed by atoms with Crippen molar-refractivity contribution in [3.05, 3.63) is 56.2 Å². The molecule has 0 saturated carbocycles. The minimum absolute atomic E-state index is 0.764. The lowest BCUT2D eigenvalue weighted by molar-refractivity contribution is 1.08. The van der Waals surface area contributed by atoms with Crippen LogP contribution in [-0.4, -0.2) is 4.98 Å². The fraction of sp³-hybridized carbons (Fsp3) is 0.214. The number of hydrogen-bond donors (Lipinski definition) is 1. The molecular weight excluding hydrogens is 356 g/mol. The van der Waals surface area contributed by atoms with Crippen molar-refractivity contribution in [3.63, 3.8) is 0 Å². The number of halogens is 2. The number of pyridine rings is 1. The van der Waals surface area contributed by atoms with Gasteiger partial charge in [-0.1, -0.05) is 0 Å². The third-order valence-corrected chi connectivity index (χ3v) is 4.04. The van der Waals surface area contributed by atoms with Crippen LogP contribution in [0.2, 0.25) is 0 Å². The van der Waals surface area contributed by atoms with Crippen LogP contribution < -0.4 is 5.32 Å². The zero-order valence-electron chi connectivity index (χ0n) is 10.3. The molecule has 2 nitrogen and oxygen atoms in total. The average molecular weight is 370 g/mol. The van der Waals surface area contributed by atoms with E-state index in [0.29, 0.717) is 0 Å². The van der Waals surface area contributed by atoms with Crippen LogP contribution in [0, 0.1) is 13.8 Å². The highest BCUT2D eigenvalue weighted by Crippen LogP contribution is 2.32. The van der Waals surface area contributed by atoms with E-state index in [-0.39, 0.29) is 0 Å². The number of aryl methyl sites for hydroxylation is 2. The number of benzene rings is 1. The molecule has 0 saturated heterocycles. The maximum Gasteiger partial charge on any atom is 0.0631 e. The first-order chi connectivity index (χ1) is 8.58. The van der Waals surface area contributed by atoms with Crippen molar-refractivity contribution in [2.45, 2.75) is 20.4 Å². The van der Waals surface area contributed by atoms with Crippen molar-refractivity contribution in [2.24, 2.45) is 0 Å². The summed E-state index contributed by atoms with van der Waals surface area (Å²) in [5, 5.41) is 3.43. The molecule has 94 valence electrons. The lowest BCUT2D eigenvalue weighted by Gasteiger charge is -2.13. The first kappa shape index (κ1) is 13.6. The van der Waals surface area contributed by atoms with E-state index in [4.69, 9.17) is 0 Å². The zero-order valence-corrected chi connectivity index (χ0v) is 13.5. The minimum Gasteiger partial charge on any atom is -0.379 e. The lowest BCUT2D eigenvalue weighted by atomic mass is 10.1. The number of nitrogens with one attached hydrogen (secondary N) is 1. The average Bonchev–Trinajstić information content (AvgIpc) is 2.30. The van der Waals surface area contributed by atoms with E-state index in [0.717, 1.165) is 21.2 Å². The number of hydrogen-bond acceptors (Lipinski definition) is 2. The summed E-state index contributed by atoms with van der Waals surface area (Å²) in [5.74, 6) is 0. The summed E-state index contributed by atoms with van der Waals surface area (Å²) in [4.78, 5) is 4.15. The van der Waals surface area contributed by atoms with Gasteiger partial charge < -0.3 is 5.32 Å². The van der Waals surface area contributed by atoms with Gasteiger partial charge in [0, 0.05) is 27.9 Å². The van der Waals surface area contributed by atoms with Gasteiger partial charge in [0.15, 0.2) is 0 Å². The van der Waals surface area contributed by atoms with E-state index < -0.39 is 0 Å². The molecule has 0 radical (unpaired) electrons. The van der Waals surface area contributed by atoms with E-state index in [1.165, 1.54) is 16.7 Å². The number of anilines is 1. The molecule has 1 aromatic carbocycles. The van der Waals surface area contributed by atoms with Crippen molar-refractivity contribution in [1.82, 2.24) is 4.98 Å². The fourth-order valence-corrected chi connectivity index (χ4v) is 3.43. The van der Waals surface area contributed by atoms with Gasteiger partial charge in [-0.3, -0.25) is 4.98 Å². The maximum atomic E-state index is 4.15. The van der Waals surface area contributed by atoms with Gasteiger partial charge in [0.1, 0.15) is 0 Å². The Kier molecular flexibility index (Phi) is 4.40. The molecule has 1 aromatic heterocycles. The second kappa shape index (κ2) is 5.85. The van der Waals surface area contributed by atoms with Crippen LogP contribution in [0.25, 0.3) is 0 Å². The molecule has 0 unspecified atom stereocenters. The van der Waals surface area contributed by atoms with E-state index in [9.17, 15) is 0 Å². The van der Waals surface area contributed by atoms with Crippen molar-refractivity contribution in [3.8, 4) is 0 Å². The van der Waals surface area contributed by atoms with Gasteiger partial charge in [-0.2, -0.15) is 0 Å². The largest absolute Gasteiger partial charge is 0.379 e. The molecule has 0 aliphatic carbocycles. The highest BCUT2D eigenvalue weighted by atomic mass is 79.9. The van der Waals surface area contributed by atoms with Gasteiger partial charge in [0.05, 0.1) is 5.69 Å². The summed E-state index contributed by atoms with van der Waals surface area (Å²) in [6.45, 7) is 4.93. The van der Waals surface area contributed by atoms with Gasteiger partial charge in [-0.15, -0.1) is 0 Å². The standard InChI is InChI=1S/C14H14Br2N2/c1-9-5-12(15)14(13(16)6-9)18-8-11-7-17-4-3-10(11)2/h3-7,18H,8H2,1-2H3. The Labute approximate surface area is 124 Å². The Morgan fingerprint density at radius 2 is 1.83 bits per heavy atom. The van der Waals surface area contributed by atoms with Gasteiger partial charge in [-0.05, 0) is 80.6 Å². The normalized spacial score (nSPS) is 10.4. The molecule has 2 rings (SSSR count). The summed E-state index contributed by atoms with van der Waals surface area (Å²) in [6.07, 6.45) is 3.72. The SMILES string of the molecule is Cc1cc(Br)c(NCc2cnccc2C)c(Br)c1. The molecule has 4 heteroatoms. The van der Waals surface area contributed by atoms with Crippen LogP contribution in [0.5, 0.6) is 0 Å². The molecule has 0 bridgehead atoms. The van der Waals surface area contributed by atoms with Crippen molar-refractivity contribution >= 4 is 37.5 Å². The fourth-order valence-electron chi connectivity index (χ4n) is 1.73. The van der Waals surface area contributed by atoms with Crippen molar-refractivity contribution in [1.29, 1.82) is 0 Å². The van der Waals surface area contributed by atoms with Crippen LogP contribution in [0.3, 0.4) is 0 Å². The summed E-state index contributed by atoms with van der Waals surface area (Å²) < 4.78 is 2.13. The molecule has 0 spiro atoms. The zero-order chi connectivity index (χ0) is 13.1.